The van der Waals surface area contributed by atoms with Crippen molar-refractivity contribution in [2.75, 3.05) is 26.8 Å². The van der Waals surface area contributed by atoms with E-state index in [0.717, 1.165) is 35.8 Å². The van der Waals surface area contributed by atoms with E-state index in [1.165, 1.54) is 11.1 Å². The minimum Gasteiger partial charge on any atom is -0.454 e. The summed E-state index contributed by atoms with van der Waals surface area (Å²) in [6.45, 7) is 3.92. The van der Waals surface area contributed by atoms with E-state index in [1.807, 2.05) is 19.1 Å². The molecule has 3 heterocycles. The van der Waals surface area contributed by atoms with Crippen LogP contribution in [0.25, 0.3) is 0 Å². The van der Waals surface area contributed by atoms with Gasteiger partial charge in [-0.1, -0.05) is 12.1 Å². The predicted octanol–water partition coefficient (Wildman–Crippen LogP) is 3.55. The van der Waals surface area contributed by atoms with Gasteiger partial charge in [-0.2, -0.15) is 0 Å². The SMILES string of the molecule is CCO[C@H]1OC[C@@H](Cc2ccc3c(c2)OCO3)[C@@H]1Cc1ccc2c(c1)OCO2. The molecule has 0 saturated carbocycles. The molecule has 3 atom stereocenters. The van der Waals surface area contributed by atoms with Gasteiger partial charge in [-0.05, 0) is 61.1 Å². The van der Waals surface area contributed by atoms with E-state index in [0.29, 0.717) is 32.7 Å². The van der Waals surface area contributed by atoms with Gasteiger partial charge in [-0.25, -0.2) is 0 Å². The average molecular weight is 384 g/mol. The van der Waals surface area contributed by atoms with Gasteiger partial charge in [-0.3, -0.25) is 0 Å². The first kappa shape index (κ1) is 17.6. The van der Waals surface area contributed by atoms with Gasteiger partial charge < -0.3 is 28.4 Å². The lowest BCUT2D eigenvalue weighted by Gasteiger charge is -2.23. The van der Waals surface area contributed by atoms with Crippen LogP contribution in [0, 0.1) is 11.8 Å². The summed E-state index contributed by atoms with van der Waals surface area (Å²) in [5.41, 5.74) is 2.44. The lowest BCUT2D eigenvalue weighted by molar-refractivity contribution is -0.127. The Hall–Kier alpha value is -2.44. The molecule has 0 radical (unpaired) electrons. The minimum atomic E-state index is -0.186. The highest BCUT2D eigenvalue weighted by atomic mass is 16.7. The molecule has 0 amide bonds. The van der Waals surface area contributed by atoms with Crippen molar-refractivity contribution in [3.63, 3.8) is 0 Å². The highest BCUT2D eigenvalue weighted by Crippen LogP contribution is 2.39. The molecule has 6 nitrogen and oxygen atoms in total. The molecular formula is C22H24O6. The topological polar surface area (TPSA) is 55.4 Å². The predicted molar refractivity (Wildman–Crippen MR) is 101 cm³/mol. The second kappa shape index (κ2) is 7.53. The van der Waals surface area contributed by atoms with Crippen LogP contribution in [0.2, 0.25) is 0 Å². The Balaban J connectivity index is 1.34. The maximum absolute atomic E-state index is 6.01. The molecular weight excluding hydrogens is 360 g/mol. The summed E-state index contributed by atoms with van der Waals surface area (Å²) in [5, 5.41) is 0. The van der Waals surface area contributed by atoms with Crippen molar-refractivity contribution in [3.05, 3.63) is 47.5 Å². The van der Waals surface area contributed by atoms with Crippen LogP contribution in [0.3, 0.4) is 0 Å². The maximum Gasteiger partial charge on any atom is 0.231 e. The summed E-state index contributed by atoms with van der Waals surface area (Å²) in [5.74, 6) is 3.90. The van der Waals surface area contributed by atoms with E-state index in [1.54, 1.807) is 0 Å². The third-order valence-corrected chi connectivity index (χ3v) is 5.60. The van der Waals surface area contributed by atoms with E-state index in [9.17, 15) is 0 Å². The first-order valence-electron chi connectivity index (χ1n) is 9.80. The Bertz CT molecular complexity index is 851. The zero-order valence-electron chi connectivity index (χ0n) is 15.9. The molecule has 3 aliphatic heterocycles. The Kier molecular flexibility index (Phi) is 4.74. The van der Waals surface area contributed by atoms with Gasteiger partial charge >= 0.3 is 0 Å². The molecule has 2 aromatic rings. The van der Waals surface area contributed by atoms with Crippen LogP contribution in [0.15, 0.2) is 36.4 Å². The number of fused-ring (bicyclic) bond motifs is 2. The van der Waals surface area contributed by atoms with Gasteiger partial charge in [0.05, 0.1) is 6.61 Å². The lowest BCUT2D eigenvalue weighted by atomic mass is 9.84. The van der Waals surface area contributed by atoms with E-state index < -0.39 is 0 Å². The molecule has 0 bridgehead atoms. The van der Waals surface area contributed by atoms with Gasteiger partial charge in [0.2, 0.25) is 13.6 Å². The summed E-state index contributed by atoms with van der Waals surface area (Å²) in [4.78, 5) is 0. The first-order valence-corrected chi connectivity index (χ1v) is 9.80. The summed E-state index contributed by atoms with van der Waals surface area (Å²) in [6.07, 6.45) is 1.60. The smallest absolute Gasteiger partial charge is 0.231 e. The molecule has 0 unspecified atom stereocenters. The van der Waals surface area contributed by atoms with Crippen LogP contribution >= 0.6 is 0 Å². The Labute approximate surface area is 164 Å². The third-order valence-electron chi connectivity index (χ3n) is 5.60. The van der Waals surface area contributed by atoms with Crippen LogP contribution in [-0.2, 0) is 22.3 Å². The molecule has 3 aliphatic rings. The van der Waals surface area contributed by atoms with Crippen LogP contribution in [-0.4, -0.2) is 33.1 Å². The molecule has 0 aliphatic carbocycles. The summed E-state index contributed by atoms with van der Waals surface area (Å²) in [7, 11) is 0. The fourth-order valence-electron chi connectivity index (χ4n) is 4.21. The van der Waals surface area contributed by atoms with Gasteiger partial charge in [0, 0.05) is 12.5 Å². The Morgan fingerprint density at radius 3 is 2.07 bits per heavy atom. The quantitative estimate of drug-likeness (QED) is 0.759. The normalized spacial score (nSPS) is 24.7. The molecule has 0 aromatic heterocycles. The van der Waals surface area contributed by atoms with Crippen molar-refractivity contribution < 1.29 is 28.4 Å². The van der Waals surface area contributed by atoms with Crippen molar-refractivity contribution in [1.29, 1.82) is 0 Å². The molecule has 2 aromatic carbocycles. The van der Waals surface area contributed by atoms with Crippen molar-refractivity contribution in [2.45, 2.75) is 26.1 Å². The molecule has 1 fully saturated rings. The van der Waals surface area contributed by atoms with Crippen molar-refractivity contribution in [3.8, 4) is 23.0 Å². The van der Waals surface area contributed by atoms with Crippen LogP contribution < -0.4 is 18.9 Å². The Morgan fingerprint density at radius 1 is 0.821 bits per heavy atom. The fourth-order valence-corrected chi connectivity index (χ4v) is 4.21. The highest BCUT2D eigenvalue weighted by molar-refractivity contribution is 5.45. The number of benzene rings is 2. The second-order valence-electron chi connectivity index (χ2n) is 7.36. The molecule has 0 spiro atoms. The van der Waals surface area contributed by atoms with E-state index >= 15 is 0 Å². The molecule has 28 heavy (non-hydrogen) atoms. The fraction of sp³-hybridized carbons (Fsp3) is 0.455. The minimum absolute atomic E-state index is 0.186. The summed E-state index contributed by atoms with van der Waals surface area (Å²) < 4.78 is 33.8. The van der Waals surface area contributed by atoms with E-state index in [2.05, 4.69) is 24.3 Å². The molecule has 0 N–H and O–H groups in total. The van der Waals surface area contributed by atoms with E-state index in [4.69, 9.17) is 28.4 Å². The average Bonchev–Trinajstić information content (AvgIpc) is 3.43. The number of rotatable bonds is 6. The third kappa shape index (κ3) is 3.38. The second-order valence-corrected chi connectivity index (χ2v) is 7.36. The zero-order chi connectivity index (χ0) is 18.9. The highest BCUT2D eigenvalue weighted by Gasteiger charge is 2.38. The van der Waals surface area contributed by atoms with E-state index in [-0.39, 0.29) is 12.2 Å². The standard InChI is InChI=1S/C22H24O6/c1-2-23-22-17(8-15-4-6-19-21(10-15)28-13-26-19)16(11-24-22)7-14-3-5-18-20(9-14)27-12-25-18/h3-6,9-10,16-17,22H,2,7-8,11-13H2,1H3/t16-,17+,22+/m1/s1. The van der Waals surface area contributed by atoms with Crippen LogP contribution in [0.5, 0.6) is 23.0 Å². The van der Waals surface area contributed by atoms with Crippen molar-refractivity contribution in [1.82, 2.24) is 0 Å². The van der Waals surface area contributed by atoms with Crippen LogP contribution in [0.4, 0.5) is 0 Å². The number of hydrogen-bond donors (Lipinski definition) is 0. The molecule has 1 saturated heterocycles. The van der Waals surface area contributed by atoms with Gasteiger partial charge in [0.15, 0.2) is 29.3 Å². The largest absolute Gasteiger partial charge is 0.454 e. The van der Waals surface area contributed by atoms with Gasteiger partial charge in [0.1, 0.15) is 0 Å². The maximum atomic E-state index is 6.01. The van der Waals surface area contributed by atoms with Crippen molar-refractivity contribution in [2.24, 2.45) is 11.8 Å². The van der Waals surface area contributed by atoms with Gasteiger partial charge in [0.25, 0.3) is 0 Å². The number of hydrogen-bond acceptors (Lipinski definition) is 6. The molecule has 6 heteroatoms. The van der Waals surface area contributed by atoms with Gasteiger partial charge in [-0.15, -0.1) is 0 Å². The van der Waals surface area contributed by atoms with Crippen LogP contribution in [0.1, 0.15) is 18.1 Å². The zero-order valence-corrected chi connectivity index (χ0v) is 15.9. The lowest BCUT2D eigenvalue weighted by Crippen LogP contribution is -2.26. The monoisotopic (exact) mass is 384 g/mol. The molecule has 148 valence electrons. The first-order chi connectivity index (χ1) is 13.8. The van der Waals surface area contributed by atoms with Crippen molar-refractivity contribution >= 4 is 0 Å². The summed E-state index contributed by atoms with van der Waals surface area (Å²) >= 11 is 0. The summed E-state index contributed by atoms with van der Waals surface area (Å²) in [6, 6.07) is 12.3. The number of ether oxygens (including phenoxy) is 6. The Morgan fingerprint density at radius 2 is 1.43 bits per heavy atom. The molecule has 5 rings (SSSR count).